The van der Waals surface area contributed by atoms with E-state index >= 15 is 0 Å². The maximum absolute atomic E-state index is 12.8. The number of hydrogen-bond donors (Lipinski definition) is 1. The van der Waals surface area contributed by atoms with Crippen LogP contribution in [0.4, 0.5) is 4.79 Å². The van der Waals surface area contributed by atoms with Gasteiger partial charge in [-0.05, 0) is 59.3 Å². The molecule has 1 aliphatic rings. The Bertz CT molecular complexity index is 1680. The molecular weight excluding hydrogens is 612 g/mol. The van der Waals surface area contributed by atoms with Crippen molar-refractivity contribution < 1.29 is 18.3 Å². The van der Waals surface area contributed by atoms with Gasteiger partial charge in [-0.2, -0.15) is 0 Å². The van der Waals surface area contributed by atoms with E-state index in [9.17, 15) is 18.4 Å². The molecule has 1 aromatic heterocycles. The first-order valence-corrected chi connectivity index (χ1v) is 17.1. The second kappa shape index (κ2) is 18.6. The Hall–Kier alpha value is -4.51. The first kappa shape index (κ1) is 35.3. The standard InChI is InChI=1S/C29H32N4O3.C6H6O2S.C2H6/c34-28-30-26-13-7-8-14-27(26)33(28)25-15-17-32(18-16-25)29(35)36-20-19-31(21-23-9-3-1-4-10-23)22-24-11-5-2-6-12-24;7-9(8)6-4-2-1-3-5-6;1-2/h1-14,25H,15-22H2,(H,30,34);1-5H,(H,7,8);1-2H3/p-1. The van der Waals surface area contributed by atoms with Crippen molar-refractivity contribution >= 4 is 28.2 Å². The molecule has 1 amide bonds. The number of rotatable bonds is 9. The van der Waals surface area contributed by atoms with Gasteiger partial charge in [-0.15, -0.1) is 0 Å². The van der Waals surface area contributed by atoms with Gasteiger partial charge in [0.2, 0.25) is 0 Å². The number of carbonyl (C=O) groups is 1. The van der Waals surface area contributed by atoms with Gasteiger partial charge < -0.3 is 19.2 Å². The first-order chi connectivity index (χ1) is 23.0. The summed E-state index contributed by atoms with van der Waals surface area (Å²) in [5, 5.41) is 0. The number of hydrogen-bond acceptors (Lipinski definition) is 6. The van der Waals surface area contributed by atoms with Crippen molar-refractivity contribution in [1.82, 2.24) is 19.4 Å². The number of aromatic amines is 1. The zero-order valence-electron chi connectivity index (χ0n) is 27.0. The molecule has 1 aliphatic heterocycles. The van der Waals surface area contributed by atoms with E-state index in [1.807, 2.05) is 79.1 Å². The van der Waals surface area contributed by atoms with Crippen LogP contribution in [0.3, 0.4) is 0 Å². The minimum absolute atomic E-state index is 0.0740. The molecule has 1 atom stereocenters. The van der Waals surface area contributed by atoms with Gasteiger partial charge in [0.15, 0.2) is 0 Å². The summed E-state index contributed by atoms with van der Waals surface area (Å²) >= 11 is -2.08. The second-order valence-electron chi connectivity index (χ2n) is 10.9. The number of likely N-dealkylation sites (tertiary alicyclic amines) is 1. The molecule has 6 rings (SSSR count). The number of benzene rings is 4. The number of H-pyrrole nitrogens is 1. The topological polar surface area (TPSA) is 111 Å². The molecule has 1 fully saturated rings. The smallest absolute Gasteiger partial charge is 0.409 e. The molecular formula is C37H43N4O5S-. The summed E-state index contributed by atoms with van der Waals surface area (Å²) in [4.78, 5) is 32.6. The molecule has 0 spiro atoms. The molecule has 4 aromatic carbocycles. The summed E-state index contributed by atoms with van der Waals surface area (Å²) < 4.78 is 27.9. The number of nitrogens with zero attached hydrogens (tertiary/aromatic N) is 3. The Kier molecular flexibility index (Phi) is 14.0. The van der Waals surface area contributed by atoms with Crippen LogP contribution < -0.4 is 5.69 Å². The number of carbonyl (C=O) groups excluding carboxylic acids is 1. The highest BCUT2D eigenvalue weighted by Crippen LogP contribution is 2.25. The summed E-state index contributed by atoms with van der Waals surface area (Å²) in [6.45, 7) is 7.72. The molecule has 5 aromatic rings. The molecule has 0 radical (unpaired) electrons. The van der Waals surface area contributed by atoms with E-state index in [-0.39, 0.29) is 17.8 Å². The Balaban J connectivity index is 0.000000390. The quantitative estimate of drug-likeness (QED) is 0.176. The van der Waals surface area contributed by atoms with Crippen LogP contribution in [-0.4, -0.2) is 60.4 Å². The zero-order chi connectivity index (χ0) is 33.4. The van der Waals surface area contributed by atoms with Crippen LogP contribution in [0.5, 0.6) is 0 Å². The number of nitrogens with one attached hydrogen (secondary N) is 1. The third-order valence-electron chi connectivity index (χ3n) is 7.78. The minimum Gasteiger partial charge on any atom is -0.768 e. The number of ether oxygens (including phenoxy) is 1. The van der Waals surface area contributed by atoms with Crippen molar-refractivity contribution in [1.29, 1.82) is 0 Å². The predicted molar refractivity (Wildman–Crippen MR) is 186 cm³/mol. The highest BCUT2D eigenvalue weighted by molar-refractivity contribution is 7.79. The molecule has 47 heavy (non-hydrogen) atoms. The van der Waals surface area contributed by atoms with Gasteiger partial charge >= 0.3 is 11.8 Å². The molecule has 1 N–H and O–H groups in total. The van der Waals surface area contributed by atoms with E-state index in [0.29, 0.717) is 31.1 Å². The zero-order valence-corrected chi connectivity index (χ0v) is 27.8. The number of fused-ring (bicyclic) bond motifs is 1. The number of imidazole rings is 1. The average Bonchev–Trinajstić information content (AvgIpc) is 3.46. The van der Waals surface area contributed by atoms with Crippen molar-refractivity contribution in [2.75, 3.05) is 26.2 Å². The van der Waals surface area contributed by atoms with Crippen molar-refractivity contribution in [2.24, 2.45) is 0 Å². The number of para-hydroxylation sites is 2. The maximum atomic E-state index is 12.8. The third kappa shape index (κ3) is 10.5. The van der Waals surface area contributed by atoms with Gasteiger partial charge in [0.25, 0.3) is 0 Å². The lowest BCUT2D eigenvalue weighted by atomic mass is 10.0. The van der Waals surface area contributed by atoms with Crippen LogP contribution in [0.1, 0.15) is 43.9 Å². The summed E-state index contributed by atoms with van der Waals surface area (Å²) in [6.07, 6.45) is 1.18. The average molecular weight is 656 g/mol. The van der Waals surface area contributed by atoms with E-state index < -0.39 is 11.1 Å². The molecule has 0 saturated carbocycles. The number of amides is 1. The lowest BCUT2D eigenvalue weighted by Crippen LogP contribution is -2.41. The molecule has 9 nitrogen and oxygen atoms in total. The first-order valence-electron chi connectivity index (χ1n) is 16.0. The van der Waals surface area contributed by atoms with Crippen molar-refractivity contribution in [3.63, 3.8) is 0 Å². The van der Waals surface area contributed by atoms with E-state index in [1.54, 1.807) is 35.2 Å². The fourth-order valence-electron chi connectivity index (χ4n) is 5.53. The largest absolute Gasteiger partial charge is 0.768 e. The molecule has 2 heterocycles. The van der Waals surface area contributed by atoms with Gasteiger partial charge in [0.1, 0.15) is 6.61 Å². The minimum atomic E-state index is -2.08. The van der Waals surface area contributed by atoms with Crippen LogP contribution in [0, 0.1) is 0 Å². The van der Waals surface area contributed by atoms with Crippen molar-refractivity contribution in [3.05, 3.63) is 137 Å². The second-order valence-corrected chi connectivity index (χ2v) is 11.8. The molecule has 10 heteroatoms. The van der Waals surface area contributed by atoms with Crippen LogP contribution in [0.25, 0.3) is 11.0 Å². The Morgan fingerprint density at radius 2 is 1.34 bits per heavy atom. The van der Waals surface area contributed by atoms with Gasteiger partial charge in [-0.3, -0.25) is 13.7 Å². The Morgan fingerprint density at radius 3 is 1.87 bits per heavy atom. The summed E-state index contributed by atoms with van der Waals surface area (Å²) in [6, 6.07) is 36.7. The molecule has 1 saturated heterocycles. The normalized spacial score (nSPS) is 13.7. The number of aromatic nitrogens is 2. The van der Waals surface area contributed by atoms with Crippen LogP contribution in [0.15, 0.2) is 125 Å². The Morgan fingerprint density at radius 1 is 0.830 bits per heavy atom. The van der Waals surface area contributed by atoms with Gasteiger partial charge in [0.05, 0.1) is 11.0 Å². The van der Waals surface area contributed by atoms with Crippen LogP contribution >= 0.6 is 0 Å². The van der Waals surface area contributed by atoms with Gasteiger partial charge in [-0.1, -0.05) is 105 Å². The van der Waals surface area contributed by atoms with Crippen molar-refractivity contribution in [3.8, 4) is 0 Å². The highest BCUT2D eigenvalue weighted by Gasteiger charge is 2.27. The fourth-order valence-corrected chi connectivity index (χ4v) is 5.90. The third-order valence-corrected chi connectivity index (χ3v) is 8.44. The molecule has 0 aliphatic carbocycles. The van der Waals surface area contributed by atoms with Gasteiger partial charge in [-0.25, -0.2) is 9.59 Å². The Labute approximate surface area is 279 Å². The number of piperidine rings is 1. The lowest BCUT2D eigenvalue weighted by Gasteiger charge is -2.32. The van der Waals surface area contributed by atoms with Gasteiger partial charge in [0, 0.05) is 43.7 Å². The van der Waals surface area contributed by atoms with Crippen LogP contribution in [-0.2, 0) is 28.9 Å². The highest BCUT2D eigenvalue weighted by atomic mass is 32.2. The van der Waals surface area contributed by atoms with E-state index in [1.165, 1.54) is 11.1 Å². The van der Waals surface area contributed by atoms with E-state index in [4.69, 9.17) is 4.74 Å². The molecule has 0 bridgehead atoms. The van der Waals surface area contributed by atoms with Crippen LogP contribution in [0.2, 0.25) is 0 Å². The summed E-state index contributed by atoms with van der Waals surface area (Å²) in [5.74, 6) is 0. The SMILES string of the molecule is CC.O=C(OCCN(Cc1ccccc1)Cc1ccccc1)N1CCC(n2c(=O)[nH]c3ccccc32)CC1.O=S([O-])c1ccccc1. The predicted octanol–water partition coefficient (Wildman–Crippen LogP) is 6.76. The lowest BCUT2D eigenvalue weighted by molar-refractivity contribution is 0.0769. The molecule has 1 unspecified atom stereocenters. The van der Waals surface area contributed by atoms with E-state index in [0.717, 1.165) is 37.0 Å². The summed E-state index contributed by atoms with van der Waals surface area (Å²) in [5.41, 5.74) is 4.14. The maximum Gasteiger partial charge on any atom is 0.409 e. The monoisotopic (exact) mass is 655 g/mol. The van der Waals surface area contributed by atoms with Crippen molar-refractivity contribution in [2.45, 2.75) is 50.7 Å². The fraction of sp³-hybridized carbons (Fsp3) is 0.297. The summed E-state index contributed by atoms with van der Waals surface area (Å²) in [7, 11) is 0. The molecule has 248 valence electrons. The van der Waals surface area contributed by atoms with E-state index in [2.05, 4.69) is 34.1 Å².